The molecule has 1 rings (SSSR count). The molecule has 15 heavy (non-hydrogen) atoms. The summed E-state index contributed by atoms with van der Waals surface area (Å²) in [6.45, 7) is 8.00. The van der Waals surface area contributed by atoms with Crippen molar-refractivity contribution in [3.05, 3.63) is 36.4 Å². The molecular weight excluding hydrogens is 210 g/mol. The Balaban J connectivity index is -0.000000146. The average molecular weight is 233 g/mol. The molecule has 0 aliphatic carbocycles. The Morgan fingerprint density at radius 3 is 0.867 bits per heavy atom. The predicted octanol–water partition coefficient (Wildman–Crippen LogP) is 2.64. The van der Waals surface area contributed by atoms with Crippen molar-refractivity contribution in [3.63, 3.8) is 0 Å². The molecule has 0 bridgehead atoms. The lowest BCUT2D eigenvalue weighted by atomic mass is 10.4. The second-order valence-electron chi connectivity index (χ2n) is 1.98. The quantitative estimate of drug-likeness (QED) is 0.749. The Bertz CT molecular complexity index is 235. The fourth-order valence-electron chi connectivity index (χ4n) is 0.385. The lowest BCUT2D eigenvalue weighted by molar-refractivity contribution is 0.603. The van der Waals surface area contributed by atoms with Gasteiger partial charge in [0, 0.05) is 0 Å². The standard InChI is InChI=1S/C6H6.2C2H6.CH5NO2S/c1-2-4-6-5-3-1;2*1-2;1-5(2,3)4/h1-6H;2*1-2H3;1H3,(H2,2,3,4). The Hall–Kier alpha value is -0.870. The molecule has 0 saturated heterocycles. The first-order valence-corrected chi connectivity index (χ1v) is 6.93. The fourth-order valence-corrected chi connectivity index (χ4v) is 0.385. The summed E-state index contributed by atoms with van der Waals surface area (Å²) in [5.41, 5.74) is 0. The van der Waals surface area contributed by atoms with Crippen molar-refractivity contribution in [2.45, 2.75) is 27.7 Å². The minimum absolute atomic E-state index is 0.938. The minimum Gasteiger partial charge on any atom is -0.229 e. The van der Waals surface area contributed by atoms with Crippen LogP contribution in [0.4, 0.5) is 0 Å². The summed E-state index contributed by atoms with van der Waals surface area (Å²) >= 11 is 0. The molecule has 0 fully saturated rings. The molecule has 0 amide bonds. The van der Waals surface area contributed by atoms with Crippen LogP contribution in [0.2, 0.25) is 0 Å². The topological polar surface area (TPSA) is 60.2 Å². The third-order valence-corrected chi connectivity index (χ3v) is 0.667. The molecule has 0 aromatic heterocycles. The summed E-state index contributed by atoms with van der Waals surface area (Å²) in [6, 6.07) is 12.0. The van der Waals surface area contributed by atoms with Gasteiger partial charge in [-0.15, -0.1) is 0 Å². The number of benzene rings is 1. The number of rotatable bonds is 0. The molecule has 0 radical (unpaired) electrons. The van der Waals surface area contributed by atoms with Gasteiger partial charge in [0.25, 0.3) is 0 Å². The molecule has 0 atom stereocenters. The summed E-state index contributed by atoms with van der Waals surface area (Å²) in [6.07, 6.45) is 0.938. The van der Waals surface area contributed by atoms with Gasteiger partial charge >= 0.3 is 0 Å². The van der Waals surface area contributed by atoms with E-state index in [1.807, 2.05) is 64.1 Å². The maximum atomic E-state index is 9.41. The van der Waals surface area contributed by atoms with Crippen LogP contribution in [0, 0.1) is 0 Å². The lowest BCUT2D eigenvalue weighted by Crippen LogP contribution is -2.07. The first-order chi connectivity index (χ1) is 7.00. The van der Waals surface area contributed by atoms with E-state index in [9.17, 15) is 8.42 Å². The van der Waals surface area contributed by atoms with Crippen LogP contribution in [0.3, 0.4) is 0 Å². The van der Waals surface area contributed by atoms with Gasteiger partial charge in [-0.25, -0.2) is 13.6 Å². The molecule has 0 heterocycles. The average Bonchev–Trinajstić information content (AvgIpc) is 2.24. The highest BCUT2D eigenvalue weighted by Gasteiger charge is 1.78. The van der Waals surface area contributed by atoms with Crippen LogP contribution in [0.15, 0.2) is 36.4 Å². The van der Waals surface area contributed by atoms with Gasteiger partial charge in [-0.1, -0.05) is 64.1 Å². The van der Waals surface area contributed by atoms with E-state index in [0.29, 0.717) is 0 Å². The fraction of sp³-hybridized carbons (Fsp3) is 0.455. The van der Waals surface area contributed by atoms with Crippen LogP contribution in [-0.2, 0) is 10.0 Å². The van der Waals surface area contributed by atoms with Crippen LogP contribution in [-0.4, -0.2) is 14.7 Å². The van der Waals surface area contributed by atoms with Gasteiger partial charge in [0.1, 0.15) is 0 Å². The number of hydrogen-bond acceptors (Lipinski definition) is 2. The third-order valence-electron chi connectivity index (χ3n) is 0.667. The Morgan fingerprint density at radius 2 is 0.800 bits per heavy atom. The van der Waals surface area contributed by atoms with Gasteiger partial charge in [-0.05, 0) is 0 Å². The highest BCUT2D eigenvalue weighted by atomic mass is 32.2. The zero-order valence-electron chi connectivity index (χ0n) is 10.3. The summed E-state index contributed by atoms with van der Waals surface area (Å²) < 4.78 is 18.8. The number of nitrogens with two attached hydrogens (primary N) is 1. The van der Waals surface area contributed by atoms with Gasteiger partial charge < -0.3 is 0 Å². The maximum absolute atomic E-state index is 9.41. The van der Waals surface area contributed by atoms with E-state index in [4.69, 9.17) is 0 Å². The van der Waals surface area contributed by atoms with E-state index >= 15 is 0 Å². The van der Waals surface area contributed by atoms with E-state index in [0.717, 1.165) is 6.26 Å². The van der Waals surface area contributed by atoms with E-state index < -0.39 is 10.0 Å². The molecule has 0 aliphatic rings. The largest absolute Gasteiger partial charge is 0.229 e. The molecule has 1 aromatic rings. The second-order valence-corrected chi connectivity index (χ2v) is 3.64. The molecule has 0 saturated carbocycles. The van der Waals surface area contributed by atoms with Crippen molar-refractivity contribution in [2.24, 2.45) is 5.14 Å². The van der Waals surface area contributed by atoms with E-state index in [-0.39, 0.29) is 0 Å². The van der Waals surface area contributed by atoms with E-state index in [2.05, 4.69) is 5.14 Å². The van der Waals surface area contributed by atoms with Crippen molar-refractivity contribution in [1.82, 2.24) is 0 Å². The molecule has 90 valence electrons. The molecule has 0 aliphatic heterocycles. The monoisotopic (exact) mass is 233 g/mol. The van der Waals surface area contributed by atoms with Crippen molar-refractivity contribution in [3.8, 4) is 0 Å². The summed E-state index contributed by atoms with van der Waals surface area (Å²) in [7, 11) is -3.17. The highest BCUT2D eigenvalue weighted by Crippen LogP contribution is 1.79. The van der Waals surface area contributed by atoms with Crippen LogP contribution in [0.1, 0.15) is 27.7 Å². The molecule has 3 nitrogen and oxygen atoms in total. The summed E-state index contributed by atoms with van der Waals surface area (Å²) in [5.74, 6) is 0. The number of primary sulfonamides is 1. The van der Waals surface area contributed by atoms with E-state index in [1.54, 1.807) is 0 Å². The van der Waals surface area contributed by atoms with Gasteiger partial charge in [0.05, 0.1) is 6.26 Å². The lowest BCUT2D eigenvalue weighted by Gasteiger charge is -1.71. The molecule has 0 spiro atoms. The van der Waals surface area contributed by atoms with E-state index in [1.165, 1.54) is 0 Å². The van der Waals surface area contributed by atoms with Gasteiger partial charge in [-0.3, -0.25) is 0 Å². The molecule has 4 heteroatoms. The normalized spacial score (nSPS) is 7.87. The smallest absolute Gasteiger partial charge is 0.206 e. The predicted molar refractivity (Wildman–Crippen MR) is 68.2 cm³/mol. The van der Waals surface area contributed by atoms with Gasteiger partial charge in [0.15, 0.2) is 0 Å². The van der Waals surface area contributed by atoms with Crippen LogP contribution in [0.5, 0.6) is 0 Å². The zero-order valence-corrected chi connectivity index (χ0v) is 11.1. The van der Waals surface area contributed by atoms with Crippen molar-refractivity contribution in [2.75, 3.05) is 6.26 Å². The van der Waals surface area contributed by atoms with Crippen LogP contribution < -0.4 is 5.14 Å². The number of sulfonamides is 1. The summed E-state index contributed by atoms with van der Waals surface area (Å²) in [5, 5.41) is 4.33. The maximum Gasteiger partial charge on any atom is 0.206 e. The van der Waals surface area contributed by atoms with Crippen molar-refractivity contribution < 1.29 is 8.42 Å². The molecule has 1 aromatic carbocycles. The first-order valence-electron chi connectivity index (χ1n) is 4.98. The van der Waals surface area contributed by atoms with Crippen molar-refractivity contribution >= 4 is 10.0 Å². The first kappa shape index (κ1) is 19.7. The number of hydrogen-bond donors (Lipinski definition) is 1. The van der Waals surface area contributed by atoms with Crippen LogP contribution in [0.25, 0.3) is 0 Å². The third kappa shape index (κ3) is 61.8. The molecule has 2 N–H and O–H groups in total. The van der Waals surface area contributed by atoms with Crippen LogP contribution >= 0.6 is 0 Å². The van der Waals surface area contributed by atoms with Gasteiger partial charge in [0.2, 0.25) is 10.0 Å². The van der Waals surface area contributed by atoms with Crippen molar-refractivity contribution in [1.29, 1.82) is 0 Å². The van der Waals surface area contributed by atoms with Gasteiger partial charge in [-0.2, -0.15) is 0 Å². The molecular formula is C11H23NO2S. The zero-order chi connectivity index (χ0) is 12.7. The second kappa shape index (κ2) is 15.6. The Kier molecular flexibility index (Phi) is 20.4. The summed E-state index contributed by atoms with van der Waals surface area (Å²) in [4.78, 5) is 0. The minimum atomic E-state index is -3.17. The molecule has 0 unspecified atom stereocenters. The Morgan fingerprint density at radius 1 is 0.733 bits per heavy atom. The SMILES string of the molecule is CC.CC.CS(N)(=O)=O.c1ccccc1. The Labute approximate surface area is 94.4 Å². The highest BCUT2D eigenvalue weighted by molar-refractivity contribution is 7.88.